The van der Waals surface area contributed by atoms with Gasteiger partial charge in [0.25, 0.3) is 0 Å². The maximum atomic E-state index is 5.79. The minimum Gasteiger partial charge on any atom is -0.377 e. The van der Waals surface area contributed by atoms with E-state index in [9.17, 15) is 0 Å². The standard InChI is InChI=1S/C11H22N2O2/c1-10(2,3)15-5-9-4-12-6-11(13-9)7-14-8-11/h9,12-13H,4-8H2,1-3H3/t9-/m1/s1. The minimum atomic E-state index is -0.0532. The second-order valence-electron chi connectivity index (χ2n) is 5.67. The molecule has 2 N–H and O–H groups in total. The summed E-state index contributed by atoms with van der Waals surface area (Å²) in [6.45, 7) is 10.7. The summed E-state index contributed by atoms with van der Waals surface area (Å²) in [4.78, 5) is 0. The number of hydrogen-bond donors (Lipinski definition) is 2. The summed E-state index contributed by atoms with van der Waals surface area (Å²) < 4.78 is 11.1. The fourth-order valence-corrected chi connectivity index (χ4v) is 2.01. The van der Waals surface area contributed by atoms with Crippen molar-refractivity contribution in [3.8, 4) is 0 Å². The van der Waals surface area contributed by atoms with Crippen LogP contribution in [0.2, 0.25) is 0 Å². The zero-order chi connectivity index (χ0) is 10.9. The third-order valence-electron chi connectivity index (χ3n) is 2.84. The summed E-state index contributed by atoms with van der Waals surface area (Å²) in [5.74, 6) is 0. The molecular weight excluding hydrogens is 192 g/mol. The van der Waals surface area contributed by atoms with Crippen molar-refractivity contribution in [2.24, 2.45) is 0 Å². The van der Waals surface area contributed by atoms with Crippen LogP contribution in [0.4, 0.5) is 0 Å². The lowest BCUT2D eigenvalue weighted by Crippen LogP contribution is -2.73. The van der Waals surface area contributed by atoms with Crippen LogP contribution >= 0.6 is 0 Å². The molecule has 15 heavy (non-hydrogen) atoms. The third-order valence-corrected chi connectivity index (χ3v) is 2.84. The smallest absolute Gasteiger partial charge is 0.0782 e. The molecule has 0 aromatic heterocycles. The van der Waals surface area contributed by atoms with Gasteiger partial charge in [0, 0.05) is 19.1 Å². The SMILES string of the molecule is CC(C)(C)OC[C@H]1CNCC2(COC2)N1. The highest BCUT2D eigenvalue weighted by Crippen LogP contribution is 2.19. The van der Waals surface area contributed by atoms with E-state index in [-0.39, 0.29) is 11.1 Å². The molecule has 4 heteroatoms. The molecule has 2 fully saturated rings. The van der Waals surface area contributed by atoms with Crippen LogP contribution in [0.15, 0.2) is 0 Å². The minimum absolute atomic E-state index is 0.0532. The van der Waals surface area contributed by atoms with E-state index in [2.05, 4.69) is 31.4 Å². The average Bonchev–Trinajstić information content (AvgIpc) is 2.12. The highest BCUT2D eigenvalue weighted by Gasteiger charge is 2.42. The fourth-order valence-electron chi connectivity index (χ4n) is 2.01. The molecule has 2 rings (SSSR count). The average molecular weight is 214 g/mol. The van der Waals surface area contributed by atoms with E-state index in [4.69, 9.17) is 9.47 Å². The first kappa shape index (κ1) is 11.3. The summed E-state index contributed by atoms with van der Waals surface area (Å²) in [5.41, 5.74) is 0.132. The van der Waals surface area contributed by atoms with Crippen molar-refractivity contribution in [3.63, 3.8) is 0 Å². The first-order valence-corrected chi connectivity index (χ1v) is 5.69. The van der Waals surface area contributed by atoms with Gasteiger partial charge in [-0.25, -0.2) is 0 Å². The first-order valence-electron chi connectivity index (χ1n) is 5.69. The molecule has 4 nitrogen and oxygen atoms in total. The van der Waals surface area contributed by atoms with Gasteiger partial charge >= 0.3 is 0 Å². The number of ether oxygens (including phenoxy) is 2. The van der Waals surface area contributed by atoms with Gasteiger partial charge in [0.15, 0.2) is 0 Å². The lowest BCUT2D eigenvalue weighted by molar-refractivity contribution is -0.0986. The van der Waals surface area contributed by atoms with E-state index in [1.807, 2.05) is 0 Å². The molecular formula is C11H22N2O2. The maximum Gasteiger partial charge on any atom is 0.0782 e. The first-order chi connectivity index (χ1) is 6.99. The molecule has 2 heterocycles. The quantitative estimate of drug-likeness (QED) is 0.686. The lowest BCUT2D eigenvalue weighted by atomic mass is 9.93. The molecule has 0 saturated carbocycles. The van der Waals surface area contributed by atoms with E-state index in [1.54, 1.807) is 0 Å². The van der Waals surface area contributed by atoms with Crippen molar-refractivity contribution in [3.05, 3.63) is 0 Å². The zero-order valence-corrected chi connectivity index (χ0v) is 9.93. The van der Waals surface area contributed by atoms with Crippen molar-refractivity contribution >= 4 is 0 Å². The summed E-state index contributed by atoms with van der Waals surface area (Å²) in [6, 6.07) is 0.405. The molecule has 2 saturated heterocycles. The number of rotatable bonds is 2. The highest BCUT2D eigenvalue weighted by atomic mass is 16.5. The van der Waals surface area contributed by atoms with E-state index in [0.29, 0.717) is 6.04 Å². The van der Waals surface area contributed by atoms with Crippen LogP contribution < -0.4 is 10.6 Å². The van der Waals surface area contributed by atoms with Crippen LogP contribution in [0.3, 0.4) is 0 Å². The van der Waals surface area contributed by atoms with Crippen molar-refractivity contribution in [1.82, 2.24) is 10.6 Å². The van der Waals surface area contributed by atoms with Gasteiger partial charge in [0.2, 0.25) is 0 Å². The Kier molecular flexibility index (Phi) is 3.03. The zero-order valence-electron chi connectivity index (χ0n) is 9.93. The van der Waals surface area contributed by atoms with Crippen molar-refractivity contribution in [2.45, 2.75) is 38.0 Å². The summed E-state index contributed by atoms with van der Waals surface area (Å²) in [5, 5.41) is 7.07. The van der Waals surface area contributed by atoms with Crippen LogP contribution in [-0.2, 0) is 9.47 Å². The summed E-state index contributed by atoms with van der Waals surface area (Å²) in [6.07, 6.45) is 0. The molecule has 2 aliphatic heterocycles. The van der Waals surface area contributed by atoms with Crippen LogP contribution in [0, 0.1) is 0 Å². The fraction of sp³-hybridized carbons (Fsp3) is 1.00. The molecule has 0 aromatic rings. The Balaban J connectivity index is 1.78. The Labute approximate surface area is 91.7 Å². The van der Waals surface area contributed by atoms with Gasteiger partial charge in [0.05, 0.1) is 31.0 Å². The largest absolute Gasteiger partial charge is 0.377 e. The summed E-state index contributed by atoms with van der Waals surface area (Å²) in [7, 11) is 0. The van der Waals surface area contributed by atoms with Crippen LogP contribution in [0.5, 0.6) is 0 Å². The Morgan fingerprint density at radius 2 is 2.13 bits per heavy atom. The van der Waals surface area contributed by atoms with E-state index in [1.165, 1.54) is 0 Å². The van der Waals surface area contributed by atoms with Crippen molar-refractivity contribution in [2.75, 3.05) is 32.9 Å². The third kappa shape index (κ3) is 2.91. The number of hydrogen-bond acceptors (Lipinski definition) is 4. The molecule has 0 aliphatic carbocycles. The number of piperazine rings is 1. The number of nitrogens with one attached hydrogen (secondary N) is 2. The van der Waals surface area contributed by atoms with Gasteiger partial charge in [0.1, 0.15) is 0 Å². The Bertz CT molecular complexity index is 221. The van der Waals surface area contributed by atoms with Crippen molar-refractivity contribution < 1.29 is 9.47 Å². The molecule has 0 aromatic carbocycles. The van der Waals surface area contributed by atoms with E-state index >= 15 is 0 Å². The Morgan fingerprint density at radius 1 is 1.40 bits per heavy atom. The molecule has 1 atom stereocenters. The van der Waals surface area contributed by atoms with Gasteiger partial charge in [-0.3, -0.25) is 5.32 Å². The molecule has 0 unspecified atom stereocenters. The van der Waals surface area contributed by atoms with Gasteiger partial charge < -0.3 is 14.8 Å². The second-order valence-corrected chi connectivity index (χ2v) is 5.67. The van der Waals surface area contributed by atoms with Crippen LogP contribution in [0.25, 0.3) is 0 Å². The highest BCUT2D eigenvalue weighted by molar-refractivity contribution is 5.02. The molecule has 0 amide bonds. The van der Waals surface area contributed by atoms with Gasteiger partial charge in [-0.15, -0.1) is 0 Å². The Morgan fingerprint density at radius 3 is 2.67 bits per heavy atom. The topological polar surface area (TPSA) is 42.5 Å². The van der Waals surface area contributed by atoms with E-state index < -0.39 is 0 Å². The Hall–Kier alpha value is -0.160. The molecule has 0 radical (unpaired) electrons. The van der Waals surface area contributed by atoms with Gasteiger partial charge in [-0.05, 0) is 20.8 Å². The normalized spacial score (nSPS) is 30.2. The molecule has 88 valence electrons. The predicted molar refractivity (Wildman–Crippen MR) is 59.0 cm³/mol. The second kappa shape index (κ2) is 4.01. The molecule has 0 bridgehead atoms. The van der Waals surface area contributed by atoms with E-state index in [0.717, 1.165) is 32.9 Å². The molecule has 2 aliphatic rings. The monoisotopic (exact) mass is 214 g/mol. The van der Waals surface area contributed by atoms with Crippen LogP contribution in [-0.4, -0.2) is 50.1 Å². The van der Waals surface area contributed by atoms with Gasteiger partial charge in [-0.1, -0.05) is 0 Å². The van der Waals surface area contributed by atoms with Crippen LogP contribution in [0.1, 0.15) is 20.8 Å². The summed E-state index contributed by atoms with van der Waals surface area (Å²) >= 11 is 0. The maximum absolute atomic E-state index is 5.79. The van der Waals surface area contributed by atoms with Crippen molar-refractivity contribution in [1.29, 1.82) is 0 Å². The lowest BCUT2D eigenvalue weighted by Gasteiger charge is -2.48. The van der Waals surface area contributed by atoms with Gasteiger partial charge in [-0.2, -0.15) is 0 Å². The predicted octanol–water partition coefficient (Wildman–Crippen LogP) is 0.132. The molecule has 1 spiro atoms.